The Morgan fingerprint density at radius 2 is 2.40 bits per heavy atom. The number of hydrogen-bond acceptors (Lipinski definition) is 5. The maximum absolute atomic E-state index is 10.9. The van der Waals surface area contributed by atoms with E-state index < -0.39 is 5.97 Å². The molecule has 2 heterocycles. The number of amides is 1. The SMILES string of the molecule is CC(=O)Nc1nc(CN2CCC(CCC(=O)O)C2)cs1. The van der Waals surface area contributed by atoms with Crippen molar-refractivity contribution < 1.29 is 14.7 Å². The topological polar surface area (TPSA) is 82.5 Å². The first-order valence-corrected chi connectivity index (χ1v) is 7.57. The van der Waals surface area contributed by atoms with E-state index >= 15 is 0 Å². The summed E-state index contributed by atoms with van der Waals surface area (Å²) in [6.45, 7) is 4.14. The molecular weight excluding hydrogens is 278 g/mol. The number of nitrogens with one attached hydrogen (secondary N) is 1. The number of carboxylic acid groups (broad SMARTS) is 1. The van der Waals surface area contributed by atoms with Gasteiger partial charge in [0.05, 0.1) is 5.69 Å². The lowest BCUT2D eigenvalue weighted by molar-refractivity contribution is -0.137. The molecule has 0 bridgehead atoms. The third kappa shape index (κ3) is 4.57. The van der Waals surface area contributed by atoms with E-state index in [0.29, 0.717) is 11.0 Å². The zero-order valence-electron chi connectivity index (χ0n) is 11.5. The van der Waals surface area contributed by atoms with Gasteiger partial charge >= 0.3 is 5.97 Å². The smallest absolute Gasteiger partial charge is 0.303 e. The predicted octanol–water partition coefficient (Wildman–Crippen LogP) is 1.79. The monoisotopic (exact) mass is 297 g/mol. The highest BCUT2D eigenvalue weighted by Crippen LogP contribution is 2.24. The number of thiazole rings is 1. The van der Waals surface area contributed by atoms with E-state index in [2.05, 4.69) is 15.2 Å². The normalized spacial score (nSPS) is 19.1. The van der Waals surface area contributed by atoms with Crippen LogP contribution < -0.4 is 5.32 Å². The Bertz CT molecular complexity index is 489. The van der Waals surface area contributed by atoms with Gasteiger partial charge in [0.1, 0.15) is 0 Å². The molecule has 2 rings (SSSR count). The van der Waals surface area contributed by atoms with Crippen molar-refractivity contribution in [2.24, 2.45) is 5.92 Å². The number of carbonyl (C=O) groups excluding carboxylic acids is 1. The summed E-state index contributed by atoms with van der Waals surface area (Å²) in [4.78, 5) is 28.2. The molecule has 7 heteroatoms. The summed E-state index contributed by atoms with van der Waals surface area (Å²) in [5.74, 6) is -0.358. The molecule has 0 spiro atoms. The molecular formula is C13H19N3O3S. The van der Waals surface area contributed by atoms with Crippen LogP contribution in [0.1, 0.15) is 31.9 Å². The van der Waals surface area contributed by atoms with Crippen molar-refractivity contribution in [3.05, 3.63) is 11.1 Å². The first-order valence-electron chi connectivity index (χ1n) is 6.69. The Hall–Kier alpha value is -1.47. The van der Waals surface area contributed by atoms with Crippen molar-refractivity contribution in [2.75, 3.05) is 18.4 Å². The predicted molar refractivity (Wildman–Crippen MR) is 76.7 cm³/mol. The molecule has 1 aromatic rings. The molecule has 1 aliphatic heterocycles. The summed E-state index contributed by atoms with van der Waals surface area (Å²) in [6.07, 6.45) is 2.05. The number of carboxylic acids is 1. The van der Waals surface area contributed by atoms with Gasteiger partial charge in [-0.2, -0.15) is 0 Å². The molecule has 1 amide bonds. The number of nitrogens with zero attached hydrogens (tertiary/aromatic N) is 2. The van der Waals surface area contributed by atoms with Crippen molar-refractivity contribution in [3.8, 4) is 0 Å². The van der Waals surface area contributed by atoms with E-state index in [0.717, 1.165) is 38.2 Å². The highest BCUT2D eigenvalue weighted by Gasteiger charge is 2.23. The van der Waals surface area contributed by atoms with Crippen LogP contribution >= 0.6 is 11.3 Å². The average Bonchev–Trinajstić information content (AvgIpc) is 2.96. The molecule has 20 heavy (non-hydrogen) atoms. The number of hydrogen-bond donors (Lipinski definition) is 2. The second-order valence-corrected chi connectivity index (χ2v) is 6.01. The van der Waals surface area contributed by atoms with Gasteiger partial charge in [-0.15, -0.1) is 11.3 Å². The molecule has 0 saturated carbocycles. The van der Waals surface area contributed by atoms with Crippen molar-refractivity contribution >= 4 is 28.3 Å². The van der Waals surface area contributed by atoms with Gasteiger partial charge in [-0.25, -0.2) is 4.98 Å². The fourth-order valence-electron chi connectivity index (χ4n) is 2.44. The number of carbonyl (C=O) groups is 2. The van der Waals surface area contributed by atoms with E-state index in [4.69, 9.17) is 5.11 Å². The maximum atomic E-state index is 10.9. The lowest BCUT2D eigenvalue weighted by atomic mass is 10.0. The van der Waals surface area contributed by atoms with E-state index in [1.54, 1.807) is 0 Å². The van der Waals surface area contributed by atoms with Gasteiger partial charge in [0, 0.05) is 31.8 Å². The first-order chi connectivity index (χ1) is 9.52. The van der Waals surface area contributed by atoms with E-state index in [1.807, 2.05) is 5.38 Å². The number of likely N-dealkylation sites (tertiary alicyclic amines) is 1. The van der Waals surface area contributed by atoms with Gasteiger partial charge < -0.3 is 10.4 Å². The second kappa shape index (κ2) is 6.81. The van der Waals surface area contributed by atoms with E-state index in [9.17, 15) is 9.59 Å². The Balaban J connectivity index is 1.78. The minimum atomic E-state index is -0.720. The molecule has 0 aromatic carbocycles. The molecule has 110 valence electrons. The van der Waals surface area contributed by atoms with Gasteiger partial charge in [0.2, 0.25) is 5.91 Å². The lowest BCUT2D eigenvalue weighted by Gasteiger charge is -2.14. The quantitative estimate of drug-likeness (QED) is 0.836. The molecule has 0 aliphatic carbocycles. The molecule has 1 saturated heterocycles. The number of anilines is 1. The van der Waals surface area contributed by atoms with E-state index in [1.165, 1.54) is 18.3 Å². The maximum Gasteiger partial charge on any atom is 0.303 e. The molecule has 1 atom stereocenters. The zero-order valence-corrected chi connectivity index (χ0v) is 12.3. The summed E-state index contributed by atoms with van der Waals surface area (Å²) in [5, 5.41) is 14.0. The third-order valence-corrected chi connectivity index (χ3v) is 4.16. The van der Waals surface area contributed by atoms with Crippen molar-refractivity contribution in [2.45, 2.75) is 32.7 Å². The first kappa shape index (κ1) is 14.9. The largest absolute Gasteiger partial charge is 0.481 e. The van der Waals surface area contributed by atoms with Gasteiger partial charge in [0.25, 0.3) is 0 Å². The fraction of sp³-hybridized carbons (Fsp3) is 0.615. The van der Waals surface area contributed by atoms with E-state index in [-0.39, 0.29) is 12.3 Å². The van der Waals surface area contributed by atoms with Crippen molar-refractivity contribution in [1.29, 1.82) is 0 Å². The molecule has 1 aromatic heterocycles. The summed E-state index contributed by atoms with van der Waals surface area (Å²) >= 11 is 1.43. The number of aliphatic carboxylic acids is 1. The molecule has 1 aliphatic rings. The molecule has 1 unspecified atom stereocenters. The minimum absolute atomic E-state index is 0.110. The van der Waals surface area contributed by atoms with Crippen LogP contribution in [0, 0.1) is 5.92 Å². The van der Waals surface area contributed by atoms with Gasteiger partial charge in [-0.3, -0.25) is 14.5 Å². The van der Waals surface area contributed by atoms with Gasteiger partial charge in [-0.05, 0) is 25.3 Å². The summed E-state index contributed by atoms with van der Waals surface area (Å²) in [5.41, 5.74) is 0.956. The highest BCUT2D eigenvalue weighted by molar-refractivity contribution is 7.13. The molecule has 2 N–H and O–H groups in total. The third-order valence-electron chi connectivity index (χ3n) is 3.36. The Morgan fingerprint density at radius 3 is 3.10 bits per heavy atom. The second-order valence-electron chi connectivity index (χ2n) is 5.15. The Morgan fingerprint density at radius 1 is 1.60 bits per heavy atom. The van der Waals surface area contributed by atoms with Crippen molar-refractivity contribution in [3.63, 3.8) is 0 Å². The van der Waals surface area contributed by atoms with Crippen LogP contribution in [0.4, 0.5) is 5.13 Å². The lowest BCUT2D eigenvalue weighted by Crippen LogP contribution is -2.20. The van der Waals surface area contributed by atoms with Crippen LogP contribution in [0.2, 0.25) is 0 Å². The average molecular weight is 297 g/mol. The van der Waals surface area contributed by atoms with Crippen LogP contribution in [0.25, 0.3) is 0 Å². The van der Waals surface area contributed by atoms with Crippen LogP contribution in [-0.2, 0) is 16.1 Å². The molecule has 6 nitrogen and oxygen atoms in total. The van der Waals surface area contributed by atoms with Gasteiger partial charge in [0.15, 0.2) is 5.13 Å². The minimum Gasteiger partial charge on any atom is -0.481 e. The van der Waals surface area contributed by atoms with Crippen molar-refractivity contribution in [1.82, 2.24) is 9.88 Å². The molecule has 0 radical (unpaired) electrons. The van der Waals surface area contributed by atoms with Crippen LogP contribution in [-0.4, -0.2) is 40.0 Å². The summed E-state index contributed by atoms with van der Waals surface area (Å²) in [7, 11) is 0. The fourth-order valence-corrected chi connectivity index (χ4v) is 3.18. The number of aromatic nitrogens is 1. The molecule has 1 fully saturated rings. The Labute approximate surface area is 121 Å². The standard InChI is InChI=1S/C13H19N3O3S/c1-9(17)14-13-15-11(8-20-13)7-16-5-4-10(6-16)2-3-12(18)19/h8,10H,2-7H2,1H3,(H,18,19)(H,14,15,17). The summed E-state index contributed by atoms with van der Waals surface area (Å²) < 4.78 is 0. The van der Waals surface area contributed by atoms with Crippen LogP contribution in [0.15, 0.2) is 5.38 Å². The Kier molecular flexibility index (Phi) is 5.08. The zero-order chi connectivity index (χ0) is 14.5. The van der Waals surface area contributed by atoms with Crippen LogP contribution in [0.5, 0.6) is 0 Å². The highest BCUT2D eigenvalue weighted by atomic mass is 32.1. The number of rotatable bonds is 6. The van der Waals surface area contributed by atoms with Crippen LogP contribution in [0.3, 0.4) is 0 Å². The van der Waals surface area contributed by atoms with Gasteiger partial charge in [-0.1, -0.05) is 0 Å². The summed E-state index contributed by atoms with van der Waals surface area (Å²) in [6, 6.07) is 0.